The molecule has 0 saturated heterocycles. The smallest absolute Gasteiger partial charge is 0.262 e. The van der Waals surface area contributed by atoms with Crippen molar-refractivity contribution in [1.29, 1.82) is 5.26 Å². The van der Waals surface area contributed by atoms with Crippen LogP contribution in [0.15, 0.2) is 48.0 Å². The highest BCUT2D eigenvalue weighted by atomic mass is 16.5. The molecule has 2 rings (SSSR count). The van der Waals surface area contributed by atoms with E-state index in [1.165, 1.54) is 32.4 Å². The number of hydrogen-bond donors (Lipinski definition) is 2. The second-order valence-corrected chi connectivity index (χ2v) is 5.55. The second kappa shape index (κ2) is 8.58. The highest BCUT2D eigenvalue weighted by Crippen LogP contribution is 2.37. The number of carbonyl (C=O) groups is 1. The Morgan fingerprint density at radius 2 is 1.77 bits per heavy atom. The van der Waals surface area contributed by atoms with E-state index >= 15 is 0 Å². The molecule has 0 unspecified atom stereocenters. The van der Waals surface area contributed by atoms with E-state index in [1.807, 2.05) is 43.3 Å². The third-order valence-corrected chi connectivity index (χ3v) is 3.83. The van der Waals surface area contributed by atoms with Crippen molar-refractivity contribution in [1.82, 2.24) is 5.32 Å². The molecule has 0 saturated carbocycles. The number of methoxy groups -OCH3 is 2. The molecule has 2 aromatic rings. The van der Waals surface area contributed by atoms with Gasteiger partial charge in [0.2, 0.25) is 5.75 Å². The molecule has 0 aromatic heterocycles. The molecule has 1 amide bonds. The first-order chi connectivity index (χ1) is 12.5. The predicted molar refractivity (Wildman–Crippen MR) is 97.8 cm³/mol. The Balaban J connectivity index is 2.27. The molecule has 6 heteroatoms. The SMILES string of the molecule is COc1cc(/C=C(/C#N)C(=O)N[C@@H](C)c2ccccc2)cc(OC)c1O. The lowest BCUT2D eigenvalue weighted by Crippen LogP contribution is -2.27. The van der Waals surface area contributed by atoms with Gasteiger partial charge in [-0.25, -0.2) is 0 Å². The highest BCUT2D eigenvalue weighted by molar-refractivity contribution is 6.02. The van der Waals surface area contributed by atoms with Crippen LogP contribution in [-0.4, -0.2) is 25.2 Å². The topological polar surface area (TPSA) is 91.6 Å². The van der Waals surface area contributed by atoms with E-state index in [0.29, 0.717) is 5.56 Å². The maximum absolute atomic E-state index is 12.4. The normalized spacial score (nSPS) is 12.0. The Bertz CT molecular complexity index is 829. The minimum absolute atomic E-state index is 0.0671. The summed E-state index contributed by atoms with van der Waals surface area (Å²) in [6.07, 6.45) is 1.41. The monoisotopic (exact) mass is 352 g/mol. The molecule has 2 aromatic carbocycles. The molecule has 1 atom stereocenters. The number of benzene rings is 2. The summed E-state index contributed by atoms with van der Waals surface area (Å²) in [4.78, 5) is 12.4. The van der Waals surface area contributed by atoms with E-state index in [2.05, 4.69) is 5.32 Å². The van der Waals surface area contributed by atoms with Crippen molar-refractivity contribution in [2.75, 3.05) is 14.2 Å². The number of aromatic hydroxyl groups is 1. The summed E-state index contributed by atoms with van der Waals surface area (Å²) < 4.78 is 10.2. The van der Waals surface area contributed by atoms with Gasteiger partial charge in [0.15, 0.2) is 11.5 Å². The average molecular weight is 352 g/mol. The van der Waals surface area contributed by atoms with Gasteiger partial charge in [-0.2, -0.15) is 5.26 Å². The number of rotatable bonds is 6. The van der Waals surface area contributed by atoms with E-state index in [4.69, 9.17) is 9.47 Å². The first kappa shape index (κ1) is 18.9. The standard InChI is InChI=1S/C20H20N2O4/c1-13(15-7-5-4-6-8-15)22-20(24)16(12-21)9-14-10-17(25-2)19(23)18(11-14)26-3/h4-11,13,23H,1-3H3,(H,22,24)/b16-9-/t13-/m0/s1. The summed E-state index contributed by atoms with van der Waals surface area (Å²) in [5.41, 5.74) is 1.37. The molecule has 0 fully saturated rings. The van der Waals surface area contributed by atoms with Gasteiger partial charge in [0.05, 0.1) is 20.3 Å². The summed E-state index contributed by atoms with van der Waals surface area (Å²) in [6.45, 7) is 1.84. The molecule has 2 N–H and O–H groups in total. The molecule has 0 spiro atoms. The van der Waals surface area contributed by atoms with Crippen LogP contribution >= 0.6 is 0 Å². The van der Waals surface area contributed by atoms with Crippen molar-refractivity contribution in [3.05, 3.63) is 59.2 Å². The zero-order valence-electron chi connectivity index (χ0n) is 14.8. The molecular formula is C20H20N2O4. The van der Waals surface area contributed by atoms with Gasteiger partial charge in [0.1, 0.15) is 11.6 Å². The lowest BCUT2D eigenvalue weighted by molar-refractivity contribution is -0.117. The van der Waals surface area contributed by atoms with Gasteiger partial charge in [0, 0.05) is 0 Å². The van der Waals surface area contributed by atoms with Gasteiger partial charge in [-0.05, 0) is 36.3 Å². The lowest BCUT2D eigenvalue weighted by Gasteiger charge is -2.14. The van der Waals surface area contributed by atoms with E-state index in [0.717, 1.165) is 5.56 Å². The Hall–Kier alpha value is -3.46. The number of carbonyl (C=O) groups excluding carboxylic acids is 1. The molecular weight excluding hydrogens is 332 g/mol. The summed E-state index contributed by atoms with van der Waals surface area (Å²) in [5, 5.41) is 22.1. The maximum atomic E-state index is 12.4. The zero-order valence-corrected chi connectivity index (χ0v) is 14.8. The van der Waals surface area contributed by atoms with Crippen molar-refractivity contribution in [3.63, 3.8) is 0 Å². The summed E-state index contributed by atoms with van der Waals surface area (Å²) in [7, 11) is 2.81. The van der Waals surface area contributed by atoms with Crippen LogP contribution in [0.25, 0.3) is 6.08 Å². The number of phenols is 1. The first-order valence-electron chi connectivity index (χ1n) is 7.92. The third-order valence-electron chi connectivity index (χ3n) is 3.83. The lowest BCUT2D eigenvalue weighted by atomic mass is 10.1. The molecule has 0 aliphatic rings. The molecule has 134 valence electrons. The maximum Gasteiger partial charge on any atom is 0.262 e. The van der Waals surface area contributed by atoms with Crippen LogP contribution in [0.2, 0.25) is 0 Å². The fourth-order valence-electron chi connectivity index (χ4n) is 2.41. The van der Waals surface area contributed by atoms with Gasteiger partial charge >= 0.3 is 0 Å². The molecule has 0 aliphatic carbocycles. The van der Waals surface area contributed by atoms with Gasteiger partial charge in [-0.3, -0.25) is 4.79 Å². The molecule has 0 heterocycles. The quantitative estimate of drug-likeness (QED) is 0.615. The van der Waals surface area contributed by atoms with Crippen molar-refractivity contribution < 1.29 is 19.4 Å². The summed E-state index contributed by atoms with van der Waals surface area (Å²) in [6, 6.07) is 14.1. The van der Waals surface area contributed by atoms with E-state index < -0.39 is 5.91 Å². The fraction of sp³-hybridized carbons (Fsp3) is 0.200. The summed E-state index contributed by atoms with van der Waals surface area (Å²) in [5.74, 6) is -0.264. The largest absolute Gasteiger partial charge is 0.502 e. The highest BCUT2D eigenvalue weighted by Gasteiger charge is 2.15. The second-order valence-electron chi connectivity index (χ2n) is 5.55. The van der Waals surface area contributed by atoms with Crippen molar-refractivity contribution in [3.8, 4) is 23.3 Å². The van der Waals surface area contributed by atoms with Crippen molar-refractivity contribution in [2.45, 2.75) is 13.0 Å². The molecule has 26 heavy (non-hydrogen) atoms. The average Bonchev–Trinajstić information content (AvgIpc) is 2.67. The Kier molecular flexibility index (Phi) is 6.23. The van der Waals surface area contributed by atoms with E-state index in [-0.39, 0.29) is 28.9 Å². The van der Waals surface area contributed by atoms with Crippen LogP contribution in [-0.2, 0) is 4.79 Å². The Labute approximate surface area is 152 Å². The fourth-order valence-corrected chi connectivity index (χ4v) is 2.41. The number of hydrogen-bond acceptors (Lipinski definition) is 5. The van der Waals surface area contributed by atoms with Gasteiger partial charge in [0.25, 0.3) is 5.91 Å². The van der Waals surface area contributed by atoms with Crippen LogP contribution in [0.3, 0.4) is 0 Å². The number of nitrogens with one attached hydrogen (secondary N) is 1. The number of ether oxygens (including phenoxy) is 2. The van der Waals surface area contributed by atoms with Crippen LogP contribution in [0.5, 0.6) is 17.2 Å². The number of phenolic OH excluding ortho intramolecular Hbond substituents is 1. The van der Waals surface area contributed by atoms with Gasteiger partial charge < -0.3 is 19.9 Å². The zero-order chi connectivity index (χ0) is 19.1. The van der Waals surface area contributed by atoms with Crippen molar-refractivity contribution in [2.24, 2.45) is 0 Å². The van der Waals surface area contributed by atoms with E-state index in [1.54, 1.807) is 0 Å². The number of amides is 1. The van der Waals surface area contributed by atoms with Crippen LogP contribution in [0.4, 0.5) is 0 Å². The third kappa shape index (κ3) is 4.33. The molecule has 6 nitrogen and oxygen atoms in total. The minimum atomic E-state index is -0.491. The van der Waals surface area contributed by atoms with Crippen LogP contribution in [0, 0.1) is 11.3 Å². The van der Waals surface area contributed by atoms with E-state index in [9.17, 15) is 15.2 Å². The van der Waals surface area contributed by atoms with Gasteiger partial charge in [-0.1, -0.05) is 30.3 Å². The molecule has 0 aliphatic heterocycles. The van der Waals surface area contributed by atoms with Crippen LogP contribution in [0.1, 0.15) is 24.1 Å². The van der Waals surface area contributed by atoms with Crippen molar-refractivity contribution >= 4 is 12.0 Å². The number of nitrogens with zero attached hydrogens (tertiary/aromatic N) is 1. The Morgan fingerprint density at radius 3 is 2.27 bits per heavy atom. The van der Waals surface area contributed by atoms with Gasteiger partial charge in [-0.15, -0.1) is 0 Å². The summed E-state index contributed by atoms with van der Waals surface area (Å²) >= 11 is 0. The predicted octanol–water partition coefficient (Wildman–Crippen LogP) is 3.19. The minimum Gasteiger partial charge on any atom is -0.502 e. The first-order valence-corrected chi connectivity index (χ1v) is 7.92. The van der Waals surface area contributed by atoms with Crippen LogP contribution < -0.4 is 14.8 Å². The molecule has 0 radical (unpaired) electrons. The molecule has 0 bridgehead atoms. The number of nitriles is 1. The Morgan fingerprint density at radius 1 is 1.19 bits per heavy atom.